The summed E-state index contributed by atoms with van der Waals surface area (Å²) >= 11 is 0. The van der Waals surface area contributed by atoms with Gasteiger partial charge in [0.15, 0.2) is 0 Å². The number of piperazine rings is 1. The Morgan fingerprint density at radius 1 is 1.12 bits per heavy atom. The molecule has 1 fully saturated rings. The summed E-state index contributed by atoms with van der Waals surface area (Å²) in [6.07, 6.45) is 2.49. The first-order valence-electron chi connectivity index (χ1n) is 6.64. The lowest BCUT2D eigenvalue weighted by atomic mass is 10.0. The topological polar surface area (TPSA) is 18.5 Å². The molecule has 3 rings (SSSR count). The van der Waals surface area contributed by atoms with Crippen LogP contribution in [0.1, 0.15) is 12.0 Å². The first-order chi connectivity index (χ1) is 8.34. The summed E-state index contributed by atoms with van der Waals surface area (Å²) in [6, 6.07) is 6.74. The summed E-state index contributed by atoms with van der Waals surface area (Å²) in [5, 5.41) is 3.58. The van der Waals surface area contributed by atoms with Crippen molar-refractivity contribution in [1.82, 2.24) is 4.90 Å². The Morgan fingerprint density at radius 2 is 1.94 bits per heavy atom. The third-order valence-corrected chi connectivity index (χ3v) is 3.90. The van der Waals surface area contributed by atoms with Crippen LogP contribution in [0.3, 0.4) is 0 Å². The monoisotopic (exact) mass is 231 g/mol. The van der Waals surface area contributed by atoms with Gasteiger partial charge >= 0.3 is 0 Å². The SMILES string of the molecule is CN1CCN(c2cccc3c2NCCC3)CC1. The number of hydrogen-bond acceptors (Lipinski definition) is 3. The highest BCUT2D eigenvalue weighted by Gasteiger charge is 2.19. The van der Waals surface area contributed by atoms with E-state index in [4.69, 9.17) is 0 Å². The van der Waals surface area contributed by atoms with Gasteiger partial charge in [0.2, 0.25) is 0 Å². The van der Waals surface area contributed by atoms with Gasteiger partial charge in [0, 0.05) is 32.7 Å². The molecule has 2 heterocycles. The van der Waals surface area contributed by atoms with E-state index in [0.29, 0.717) is 0 Å². The van der Waals surface area contributed by atoms with Gasteiger partial charge in [-0.25, -0.2) is 0 Å². The third-order valence-electron chi connectivity index (χ3n) is 3.90. The normalized spacial score (nSPS) is 20.9. The molecule has 0 aromatic heterocycles. The van der Waals surface area contributed by atoms with Gasteiger partial charge in [-0.3, -0.25) is 0 Å². The fourth-order valence-corrected chi connectivity index (χ4v) is 2.80. The summed E-state index contributed by atoms with van der Waals surface area (Å²) in [4.78, 5) is 4.93. The zero-order valence-electron chi connectivity index (χ0n) is 10.6. The number of hydrogen-bond donors (Lipinski definition) is 1. The minimum absolute atomic E-state index is 1.12. The summed E-state index contributed by atoms with van der Waals surface area (Å²) in [5.74, 6) is 0. The van der Waals surface area contributed by atoms with Gasteiger partial charge in [0.1, 0.15) is 0 Å². The Hall–Kier alpha value is -1.22. The van der Waals surface area contributed by atoms with Crippen LogP contribution in [-0.2, 0) is 6.42 Å². The number of para-hydroxylation sites is 1. The van der Waals surface area contributed by atoms with Crippen LogP contribution in [0.25, 0.3) is 0 Å². The largest absolute Gasteiger partial charge is 0.383 e. The molecule has 17 heavy (non-hydrogen) atoms. The lowest BCUT2D eigenvalue weighted by Crippen LogP contribution is -2.44. The van der Waals surface area contributed by atoms with Gasteiger partial charge in [0.25, 0.3) is 0 Å². The van der Waals surface area contributed by atoms with Gasteiger partial charge in [-0.1, -0.05) is 12.1 Å². The zero-order chi connectivity index (χ0) is 11.7. The lowest BCUT2D eigenvalue weighted by molar-refractivity contribution is 0.313. The molecule has 0 aliphatic carbocycles. The number of likely N-dealkylation sites (N-methyl/N-ethyl adjacent to an activating group) is 1. The number of anilines is 2. The van der Waals surface area contributed by atoms with Crippen LogP contribution >= 0.6 is 0 Å². The Labute approximate surface area is 103 Å². The number of benzene rings is 1. The molecule has 2 aliphatic heterocycles. The molecule has 0 bridgehead atoms. The molecule has 1 aromatic rings. The van der Waals surface area contributed by atoms with E-state index in [9.17, 15) is 0 Å². The molecule has 1 saturated heterocycles. The van der Waals surface area contributed by atoms with Crippen LogP contribution in [-0.4, -0.2) is 44.7 Å². The Morgan fingerprint density at radius 3 is 2.76 bits per heavy atom. The van der Waals surface area contributed by atoms with Crippen molar-refractivity contribution < 1.29 is 0 Å². The maximum absolute atomic E-state index is 3.58. The lowest BCUT2D eigenvalue weighted by Gasteiger charge is -2.36. The van der Waals surface area contributed by atoms with Crippen molar-refractivity contribution >= 4 is 11.4 Å². The summed E-state index contributed by atoms with van der Waals surface area (Å²) in [5.41, 5.74) is 4.30. The third kappa shape index (κ3) is 2.12. The number of aryl methyl sites for hydroxylation is 1. The van der Waals surface area contributed by atoms with E-state index >= 15 is 0 Å². The molecule has 2 aliphatic rings. The maximum atomic E-state index is 3.58. The quantitative estimate of drug-likeness (QED) is 0.795. The van der Waals surface area contributed by atoms with Crippen molar-refractivity contribution in [3.05, 3.63) is 23.8 Å². The highest BCUT2D eigenvalue weighted by molar-refractivity contribution is 5.74. The van der Waals surface area contributed by atoms with Crippen LogP contribution in [0.15, 0.2) is 18.2 Å². The average molecular weight is 231 g/mol. The van der Waals surface area contributed by atoms with Gasteiger partial charge in [0.05, 0.1) is 11.4 Å². The van der Waals surface area contributed by atoms with Crippen molar-refractivity contribution in [1.29, 1.82) is 0 Å². The van der Waals surface area contributed by atoms with Gasteiger partial charge in [-0.05, 0) is 31.5 Å². The van der Waals surface area contributed by atoms with E-state index in [1.54, 1.807) is 0 Å². The van der Waals surface area contributed by atoms with E-state index in [0.717, 1.165) is 19.6 Å². The molecule has 0 saturated carbocycles. The van der Waals surface area contributed by atoms with E-state index in [-0.39, 0.29) is 0 Å². The Bertz CT molecular complexity index is 394. The average Bonchev–Trinajstić information content (AvgIpc) is 2.39. The molecule has 92 valence electrons. The molecule has 1 aromatic carbocycles. The summed E-state index contributed by atoms with van der Waals surface area (Å²) in [7, 11) is 2.20. The van der Waals surface area contributed by atoms with Crippen molar-refractivity contribution in [3.8, 4) is 0 Å². The highest BCUT2D eigenvalue weighted by atomic mass is 15.3. The minimum atomic E-state index is 1.12. The predicted molar refractivity (Wildman–Crippen MR) is 73.0 cm³/mol. The minimum Gasteiger partial charge on any atom is -0.383 e. The van der Waals surface area contributed by atoms with Crippen LogP contribution in [0.2, 0.25) is 0 Å². The fraction of sp³-hybridized carbons (Fsp3) is 0.571. The van der Waals surface area contributed by atoms with Crippen molar-refractivity contribution in [3.63, 3.8) is 0 Å². The predicted octanol–water partition coefficient (Wildman–Crippen LogP) is 1.80. The van der Waals surface area contributed by atoms with Crippen LogP contribution < -0.4 is 10.2 Å². The van der Waals surface area contributed by atoms with Gasteiger partial charge in [-0.2, -0.15) is 0 Å². The number of fused-ring (bicyclic) bond motifs is 1. The number of nitrogens with one attached hydrogen (secondary N) is 1. The fourth-order valence-electron chi connectivity index (χ4n) is 2.80. The van der Waals surface area contributed by atoms with Crippen LogP contribution in [0.5, 0.6) is 0 Å². The first-order valence-corrected chi connectivity index (χ1v) is 6.64. The number of rotatable bonds is 1. The highest BCUT2D eigenvalue weighted by Crippen LogP contribution is 2.33. The second-order valence-electron chi connectivity index (χ2n) is 5.13. The van der Waals surface area contributed by atoms with E-state index in [1.807, 2.05) is 0 Å². The van der Waals surface area contributed by atoms with Crippen molar-refractivity contribution in [2.45, 2.75) is 12.8 Å². The Balaban J connectivity index is 1.87. The van der Waals surface area contributed by atoms with Crippen LogP contribution in [0, 0.1) is 0 Å². The molecule has 3 nitrogen and oxygen atoms in total. The Kier molecular flexibility index (Phi) is 2.93. The van der Waals surface area contributed by atoms with E-state index in [2.05, 4.69) is 40.4 Å². The van der Waals surface area contributed by atoms with Crippen molar-refractivity contribution in [2.75, 3.05) is 50.0 Å². The summed E-state index contributed by atoms with van der Waals surface area (Å²) in [6.45, 7) is 5.76. The molecular weight excluding hydrogens is 210 g/mol. The van der Waals surface area contributed by atoms with E-state index in [1.165, 1.54) is 42.9 Å². The first kappa shape index (κ1) is 10.9. The smallest absolute Gasteiger partial charge is 0.0610 e. The zero-order valence-corrected chi connectivity index (χ0v) is 10.6. The van der Waals surface area contributed by atoms with Crippen LogP contribution in [0.4, 0.5) is 11.4 Å². The molecular formula is C14H21N3. The van der Waals surface area contributed by atoms with Gasteiger partial charge in [-0.15, -0.1) is 0 Å². The second kappa shape index (κ2) is 4.57. The molecule has 0 atom stereocenters. The molecule has 3 heteroatoms. The molecule has 0 amide bonds. The molecule has 0 unspecified atom stereocenters. The van der Waals surface area contributed by atoms with Crippen molar-refractivity contribution in [2.24, 2.45) is 0 Å². The molecule has 0 radical (unpaired) electrons. The standard InChI is InChI=1S/C14H21N3/c1-16-8-10-17(11-9-16)13-6-2-4-12-5-3-7-15-14(12)13/h2,4,6,15H,3,5,7-11H2,1H3. The van der Waals surface area contributed by atoms with Gasteiger partial charge < -0.3 is 15.1 Å². The maximum Gasteiger partial charge on any atom is 0.0610 e. The molecule has 0 spiro atoms. The molecule has 1 N–H and O–H groups in total. The van der Waals surface area contributed by atoms with E-state index < -0.39 is 0 Å². The summed E-state index contributed by atoms with van der Waals surface area (Å²) < 4.78 is 0. The second-order valence-corrected chi connectivity index (χ2v) is 5.13. The number of nitrogens with zero attached hydrogens (tertiary/aromatic N) is 2.